The highest BCUT2D eigenvalue weighted by Gasteiger charge is 2.29. The summed E-state index contributed by atoms with van der Waals surface area (Å²) in [6.07, 6.45) is 2.04. The molecule has 3 aromatic rings. The summed E-state index contributed by atoms with van der Waals surface area (Å²) in [5.41, 5.74) is 7.44. The van der Waals surface area contributed by atoms with Crippen molar-refractivity contribution in [3.05, 3.63) is 82.9 Å². The Bertz CT molecular complexity index is 1120. The predicted octanol–water partition coefficient (Wildman–Crippen LogP) is 5.68. The van der Waals surface area contributed by atoms with Gasteiger partial charge in [0.25, 0.3) is 0 Å². The second-order valence-corrected chi connectivity index (χ2v) is 8.14. The molecule has 0 saturated carbocycles. The fraction of sp³-hybridized carbons (Fsp3) is 0.269. The summed E-state index contributed by atoms with van der Waals surface area (Å²) in [5, 5.41) is 9.08. The summed E-state index contributed by atoms with van der Waals surface area (Å²) in [6.45, 7) is 2.57. The summed E-state index contributed by atoms with van der Waals surface area (Å²) in [4.78, 5) is 11.0. The number of aryl methyl sites for hydroxylation is 1. The standard InChI is InChI=1S/C26H24O4/c1-16-5-2-3-6-19(16)21-7-4-8-23-22(21)11-12-24(23)30-18-9-10-20-17(13-26(27)28)15-29-25(20)14-18/h2-10,14,17,24H,11-13,15H2,1H3,(H,27,28)/t17-,24-/m1/s1. The van der Waals surface area contributed by atoms with Gasteiger partial charge in [-0.05, 0) is 53.6 Å². The van der Waals surface area contributed by atoms with Crippen LogP contribution in [0.3, 0.4) is 0 Å². The summed E-state index contributed by atoms with van der Waals surface area (Å²) < 4.78 is 12.1. The number of hydrogen-bond donors (Lipinski definition) is 1. The van der Waals surface area contributed by atoms with Gasteiger partial charge in [-0.2, -0.15) is 0 Å². The number of aliphatic carboxylic acids is 1. The smallest absolute Gasteiger partial charge is 0.304 e. The van der Waals surface area contributed by atoms with Crippen LogP contribution in [0.15, 0.2) is 60.7 Å². The molecule has 1 heterocycles. The van der Waals surface area contributed by atoms with Gasteiger partial charge in [-0.25, -0.2) is 0 Å². The zero-order chi connectivity index (χ0) is 20.7. The van der Waals surface area contributed by atoms with Crippen molar-refractivity contribution in [1.82, 2.24) is 0 Å². The predicted molar refractivity (Wildman–Crippen MR) is 115 cm³/mol. The van der Waals surface area contributed by atoms with Gasteiger partial charge in [0.1, 0.15) is 17.6 Å². The second kappa shape index (κ2) is 7.52. The van der Waals surface area contributed by atoms with E-state index in [1.807, 2.05) is 18.2 Å². The first-order valence-corrected chi connectivity index (χ1v) is 10.4. The maximum Gasteiger partial charge on any atom is 0.304 e. The third kappa shape index (κ3) is 3.32. The van der Waals surface area contributed by atoms with Crippen LogP contribution >= 0.6 is 0 Å². The number of fused-ring (bicyclic) bond motifs is 2. The number of carboxylic acids is 1. The van der Waals surface area contributed by atoms with Crippen LogP contribution in [0, 0.1) is 6.92 Å². The molecule has 5 rings (SSSR count). The summed E-state index contributed by atoms with van der Waals surface area (Å²) in [7, 11) is 0. The van der Waals surface area contributed by atoms with E-state index in [-0.39, 0.29) is 18.4 Å². The van der Waals surface area contributed by atoms with Gasteiger partial charge in [0, 0.05) is 17.5 Å². The van der Waals surface area contributed by atoms with Crippen LogP contribution in [-0.4, -0.2) is 17.7 Å². The number of benzene rings is 3. The van der Waals surface area contributed by atoms with Gasteiger partial charge in [0.05, 0.1) is 13.0 Å². The van der Waals surface area contributed by atoms with Crippen LogP contribution in [0.25, 0.3) is 11.1 Å². The molecule has 152 valence electrons. The Labute approximate surface area is 176 Å². The van der Waals surface area contributed by atoms with Crippen LogP contribution in [-0.2, 0) is 11.2 Å². The minimum absolute atomic E-state index is 0.0123. The molecule has 3 aromatic carbocycles. The summed E-state index contributed by atoms with van der Waals surface area (Å²) >= 11 is 0. The molecule has 0 saturated heterocycles. The lowest BCUT2D eigenvalue weighted by Gasteiger charge is -2.17. The molecule has 0 bridgehead atoms. The highest BCUT2D eigenvalue weighted by molar-refractivity contribution is 5.72. The van der Waals surface area contributed by atoms with Crippen molar-refractivity contribution in [2.24, 2.45) is 0 Å². The lowest BCUT2D eigenvalue weighted by molar-refractivity contribution is -0.137. The minimum Gasteiger partial charge on any atom is -0.492 e. The van der Waals surface area contributed by atoms with Gasteiger partial charge < -0.3 is 14.6 Å². The number of carboxylic acid groups (broad SMARTS) is 1. The van der Waals surface area contributed by atoms with Crippen molar-refractivity contribution in [1.29, 1.82) is 0 Å². The lowest BCUT2D eigenvalue weighted by atomic mass is 9.94. The van der Waals surface area contributed by atoms with Gasteiger partial charge in [-0.3, -0.25) is 4.79 Å². The molecule has 2 atom stereocenters. The fourth-order valence-electron chi connectivity index (χ4n) is 4.74. The summed E-state index contributed by atoms with van der Waals surface area (Å²) in [6, 6.07) is 20.8. The van der Waals surface area contributed by atoms with Crippen molar-refractivity contribution < 1.29 is 19.4 Å². The SMILES string of the molecule is Cc1ccccc1-c1cccc2c1CC[C@H]2Oc1ccc2c(c1)OC[C@H]2CC(=O)O. The number of carbonyl (C=O) groups is 1. The van der Waals surface area contributed by atoms with Gasteiger partial charge >= 0.3 is 5.97 Å². The van der Waals surface area contributed by atoms with Gasteiger partial charge in [-0.15, -0.1) is 0 Å². The normalized spacial score (nSPS) is 19.1. The molecule has 30 heavy (non-hydrogen) atoms. The largest absolute Gasteiger partial charge is 0.492 e. The lowest BCUT2D eigenvalue weighted by Crippen LogP contribution is -2.07. The van der Waals surface area contributed by atoms with Crippen LogP contribution in [0.4, 0.5) is 0 Å². The average Bonchev–Trinajstić information content (AvgIpc) is 3.32. The first kappa shape index (κ1) is 18.7. The van der Waals surface area contributed by atoms with Crippen molar-refractivity contribution in [2.45, 2.75) is 38.2 Å². The van der Waals surface area contributed by atoms with Gasteiger partial charge in [0.2, 0.25) is 0 Å². The topological polar surface area (TPSA) is 55.8 Å². The number of hydrogen-bond acceptors (Lipinski definition) is 3. The minimum atomic E-state index is -0.802. The fourth-order valence-corrected chi connectivity index (χ4v) is 4.74. The molecule has 0 aromatic heterocycles. The molecule has 2 aliphatic rings. The van der Waals surface area contributed by atoms with Crippen LogP contribution < -0.4 is 9.47 Å². The maximum absolute atomic E-state index is 11.0. The van der Waals surface area contributed by atoms with E-state index in [2.05, 4.69) is 49.4 Å². The molecule has 1 aliphatic heterocycles. The molecular weight excluding hydrogens is 376 g/mol. The highest BCUT2D eigenvalue weighted by atomic mass is 16.5. The van der Waals surface area contributed by atoms with E-state index in [4.69, 9.17) is 14.6 Å². The third-order valence-electron chi connectivity index (χ3n) is 6.22. The highest BCUT2D eigenvalue weighted by Crippen LogP contribution is 2.43. The van der Waals surface area contributed by atoms with Crippen LogP contribution in [0.1, 0.15) is 47.1 Å². The quantitative estimate of drug-likeness (QED) is 0.599. The Balaban J connectivity index is 1.40. The molecule has 4 nitrogen and oxygen atoms in total. The summed E-state index contributed by atoms with van der Waals surface area (Å²) in [5.74, 6) is 0.619. The molecule has 1 N–H and O–H groups in total. The number of rotatable bonds is 5. The zero-order valence-corrected chi connectivity index (χ0v) is 16.9. The zero-order valence-electron chi connectivity index (χ0n) is 16.9. The number of ether oxygens (including phenoxy) is 2. The first-order valence-electron chi connectivity index (χ1n) is 10.4. The van der Waals surface area contributed by atoms with E-state index in [1.165, 1.54) is 27.8 Å². The molecule has 0 fully saturated rings. The Morgan fingerprint density at radius 2 is 1.90 bits per heavy atom. The van der Waals surface area contributed by atoms with Gasteiger partial charge in [-0.1, -0.05) is 48.5 Å². The Hall–Kier alpha value is -3.27. The van der Waals surface area contributed by atoms with Crippen molar-refractivity contribution in [2.75, 3.05) is 6.61 Å². The molecular formula is C26H24O4. The molecule has 0 spiro atoms. The van der Waals surface area contributed by atoms with E-state index in [0.29, 0.717) is 6.61 Å². The molecule has 4 heteroatoms. The van der Waals surface area contributed by atoms with Crippen molar-refractivity contribution >= 4 is 5.97 Å². The van der Waals surface area contributed by atoms with E-state index >= 15 is 0 Å². The van der Waals surface area contributed by atoms with Crippen molar-refractivity contribution in [3.63, 3.8) is 0 Å². The average molecular weight is 400 g/mol. The Morgan fingerprint density at radius 3 is 2.73 bits per heavy atom. The van der Waals surface area contributed by atoms with Gasteiger partial charge in [0.15, 0.2) is 0 Å². The molecule has 0 amide bonds. The van der Waals surface area contributed by atoms with Crippen LogP contribution in [0.2, 0.25) is 0 Å². The second-order valence-electron chi connectivity index (χ2n) is 8.14. The first-order chi connectivity index (χ1) is 14.6. The van der Waals surface area contributed by atoms with E-state index in [9.17, 15) is 4.79 Å². The van der Waals surface area contributed by atoms with Crippen LogP contribution in [0.5, 0.6) is 11.5 Å². The van der Waals surface area contributed by atoms with E-state index < -0.39 is 5.97 Å². The maximum atomic E-state index is 11.0. The van der Waals surface area contributed by atoms with Crippen molar-refractivity contribution in [3.8, 4) is 22.6 Å². The molecule has 0 radical (unpaired) electrons. The Morgan fingerprint density at radius 1 is 1.07 bits per heavy atom. The molecule has 0 unspecified atom stereocenters. The Kier molecular flexibility index (Phi) is 4.70. The molecule has 1 aliphatic carbocycles. The van der Waals surface area contributed by atoms with E-state index in [0.717, 1.165) is 29.9 Å². The van der Waals surface area contributed by atoms with E-state index in [1.54, 1.807) is 0 Å². The monoisotopic (exact) mass is 400 g/mol. The third-order valence-corrected chi connectivity index (χ3v) is 6.22.